The van der Waals surface area contributed by atoms with E-state index in [9.17, 15) is 97.5 Å². The van der Waals surface area contributed by atoms with E-state index >= 15 is 0 Å². The predicted octanol–water partition coefficient (Wildman–Crippen LogP) is -4.23. The fourth-order valence-electron chi connectivity index (χ4n) is 7.42. The highest BCUT2D eigenvalue weighted by Crippen LogP contribution is 2.14. The number of carbonyl (C=O) groups excluding carboxylic acids is 10. The normalized spacial score (nSPS) is 15.0. The molecule has 0 bridgehead atoms. The van der Waals surface area contributed by atoms with Crippen molar-refractivity contribution in [1.82, 2.24) is 47.9 Å². The molecule has 31 heteroatoms. The Balaban J connectivity index is 3.67. The quantitative estimate of drug-likeness (QED) is 0.0278. The second-order valence-corrected chi connectivity index (χ2v) is 19.3. The Morgan fingerprint density at radius 1 is 0.469 bits per heavy atom. The van der Waals surface area contributed by atoms with E-state index in [1.165, 1.54) is 19.1 Å². The van der Waals surface area contributed by atoms with Crippen LogP contribution in [0.15, 0.2) is 30.3 Å². The van der Waals surface area contributed by atoms with Crippen molar-refractivity contribution < 1.29 is 103 Å². The minimum atomic E-state index is -2.15. The minimum Gasteiger partial charge on any atom is -0.481 e. The summed E-state index contributed by atoms with van der Waals surface area (Å²) in [6.07, 6.45) is -6.25. The average Bonchev–Trinajstić information content (AvgIpc) is 3.40. The molecule has 0 aliphatic rings. The van der Waals surface area contributed by atoms with Crippen LogP contribution >= 0.6 is 0 Å². The summed E-state index contributed by atoms with van der Waals surface area (Å²) in [4.78, 5) is 192. The van der Waals surface area contributed by atoms with Gasteiger partial charge in [-0.15, -0.1) is 0 Å². The van der Waals surface area contributed by atoms with Crippen LogP contribution in [0.5, 0.6) is 0 Å². The summed E-state index contributed by atoms with van der Waals surface area (Å²) in [7, 11) is 0. The first kappa shape index (κ1) is 70.4. The van der Waals surface area contributed by atoms with E-state index in [4.69, 9.17) is 10.8 Å². The van der Waals surface area contributed by atoms with Gasteiger partial charge in [0.05, 0.1) is 31.5 Å². The van der Waals surface area contributed by atoms with Gasteiger partial charge in [-0.05, 0) is 50.0 Å². The minimum absolute atomic E-state index is 0.0281. The summed E-state index contributed by atoms with van der Waals surface area (Å²) in [5.74, 6) is -19.1. The smallest absolute Gasteiger partial charge is 0.305 e. The van der Waals surface area contributed by atoms with Crippen molar-refractivity contribution in [2.24, 2.45) is 17.6 Å². The van der Waals surface area contributed by atoms with Crippen molar-refractivity contribution in [1.29, 1.82) is 0 Å². The van der Waals surface area contributed by atoms with Gasteiger partial charge in [0.25, 0.3) is 0 Å². The number of carbonyl (C=O) groups is 15. The summed E-state index contributed by atoms with van der Waals surface area (Å²) < 4.78 is 0. The monoisotopic (exact) mass is 1150 g/mol. The lowest BCUT2D eigenvalue weighted by molar-refractivity contribution is -0.142. The number of aliphatic hydroxyl groups is 1. The maximum absolute atomic E-state index is 14.3. The number of nitrogens with two attached hydrogens (primary N) is 1. The molecule has 0 unspecified atom stereocenters. The van der Waals surface area contributed by atoms with Crippen LogP contribution in [0, 0.1) is 11.8 Å². The van der Waals surface area contributed by atoms with Crippen LogP contribution in [-0.4, -0.2) is 187 Å². The molecule has 0 aliphatic carbocycles. The van der Waals surface area contributed by atoms with Gasteiger partial charge in [0, 0.05) is 25.7 Å². The summed E-state index contributed by atoms with van der Waals surface area (Å²) in [5.41, 5.74) is 6.03. The zero-order valence-corrected chi connectivity index (χ0v) is 45.3. The zero-order chi connectivity index (χ0) is 61.7. The Kier molecular flexibility index (Phi) is 31.1. The maximum Gasteiger partial charge on any atom is 0.305 e. The molecule has 0 heterocycles. The highest BCUT2D eigenvalue weighted by Gasteiger charge is 2.37. The molecule has 9 amide bonds. The number of amides is 9. The average molecular weight is 1150 g/mol. The van der Waals surface area contributed by atoms with Crippen LogP contribution in [0.25, 0.3) is 0 Å². The van der Waals surface area contributed by atoms with Gasteiger partial charge in [0.1, 0.15) is 54.6 Å². The zero-order valence-electron chi connectivity index (χ0n) is 45.3. The number of carboxylic acid groups (broad SMARTS) is 5. The molecule has 0 saturated carbocycles. The Hall–Kier alpha value is -8.61. The van der Waals surface area contributed by atoms with E-state index < -0.39 is 214 Å². The molecule has 0 aromatic heterocycles. The van der Waals surface area contributed by atoms with Crippen molar-refractivity contribution in [2.45, 2.75) is 166 Å². The van der Waals surface area contributed by atoms with E-state index in [2.05, 4.69) is 42.5 Å². The third-order valence-electron chi connectivity index (χ3n) is 12.0. The standard InChI is InChI=1S/C50H74N10O21/c1-6-25(4)41(50(81)58-31(18-24(2)3)45(76)59-35(23-62)49(80)52-26(5)22-61)60-44(75)30(14-17-38(67)68)54-46(77)32(19-27-10-8-7-9-11-27)56-48(79)34(21-40(71)72)57-43(74)29(13-16-37(65)66)53-47(78)33(20-39(69)70)55-42(73)28(51)12-15-36(63)64/h7-11,22,24-26,28-35,41,62H,6,12-21,23,51H2,1-5H3,(H,52,80)(H,53,78)(H,54,77)(H,55,73)(H,56,79)(H,57,74)(H,58,81)(H,59,76)(H,60,75)(H,63,64)(H,65,66)(H,67,68)(H,69,70)(H,71,72)/t25-,26-,28-,29-,30-,31-,32-,33-,34-,35-,41-/m0/s1. The highest BCUT2D eigenvalue weighted by molar-refractivity contribution is 6.00. The molecule has 0 aliphatic heterocycles. The molecule has 31 nitrogen and oxygen atoms in total. The van der Waals surface area contributed by atoms with E-state index in [0.717, 1.165) is 0 Å². The first-order chi connectivity index (χ1) is 37.9. The molecule has 1 rings (SSSR count). The SMILES string of the molecule is CC[C@H](C)[C@H](NC(=O)[C@H](CCC(=O)O)NC(=O)[C@H](Cc1ccccc1)NC(=O)[C@H](CC(=O)O)NC(=O)[C@H](CCC(=O)O)NC(=O)[C@H](CC(=O)O)NC(=O)[C@@H](N)CCC(=O)O)C(=O)N[C@@H](CC(C)C)C(=O)N[C@@H](CO)C(=O)N[C@@H](C)C=O. The highest BCUT2D eigenvalue weighted by atomic mass is 16.4. The lowest BCUT2D eigenvalue weighted by Crippen LogP contribution is -2.61. The predicted molar refractivity (Wildman–Crippen MR) is 278 cm³/mol. The van der Waals surface area contributed by atoms with Crippen LogP contribution in [0.4, 0.5) is 0 Å². The van der Waals surface area contributed by atoms with Gasteiger partial charge < -0.3 is 89.0 Å². The van der Waals surface area contributed by atoms with E-state index in [-0.39, 0.29) is 18.8 Å². The molecule has 17 N–H and O–H groups in total. The van der Waals surface area contributed by atoms with Crippen molar-refractivity contribution in [2.75, 3.05) is 6.61 Å². The van der Waals surface area contributed by atoms with Crippen molar-refractivity contribution in [3.8, 4) is 0 Å². The number of aliphatic hydroxyl groups excluding tert-OH is 1. The number of nitrogens with one attached hydrogen (secondary N) is 9. The van der Waals surface area contributed by atoms with Gasteiger partial charge in [0.2, 0.25) is 53.2 Å². The lowest BCUT2D eigenvalue weighted by Gasteiger charge is -2.30. The molecule has 0 fully saturated rings. The second kappa shape index (κ2) is 35.8. The Labute approximate surface area is 464 Å². The van der Waals surface area contributed by atoms with Crippen molar-refractivity contribution in [3.05, 3.63) is 35.9 Å². The Morgan fingerprint density at radius 2 is 0.852 bits per heavy atom. The van der Waals surface area contributed by atoms with Crippen molar-refractivity contribution >= 4 is 89.3 Å². The molecule has 450 valence electrons. The van der Waals surface area contributed by atoms with Crippen LogP contribution in [0.1, 0.15) is 104 Å². The fourth-order valence-corrected chi connectivity index (χ4v) is 7.42. The van der Waals surface area contributed by atoms with E-state index in [0.29, 0.717) is 11.8 Å². The Bertz CT molecular complexity index is 2410. The van der Waals surface area contributed by atoms with Gasteiger partial charge in [-0.25, -0.2) is 0 Å². The number of hydrogen-bond acceptors (Lipinski definition) is 17. The summed E-state index contributed by atoms with van der Waals surface area (Å²) in [6.45, 7) is 7.08. The molecule has 0 spiro atoms. The van der Waals surface area contributed by atoms with Gasteiger partial charge in [-0.2, -0.15) is 0 Å². The van der Waals surface area contributed by atoms with E-state index in [1.807, 2.05) is 5.32 Å². The first-order valence-electron chi connectivity index (χ1n) is 25.6. The fraction of sp³-hybridized carbons (Fsp3) is 0.580. The maximum atomic E-state index is 14.3. The number of rotatable bonds is 39. The number of benzene rings is 1. The van der Waals surface area contributed by atoms with Gasteiger partial charge in [-0.1, -0.05) is 64.4 Å². The molecule has 11 atom stereocenters. The number of aliphatic carboxylic acids is 5. The lowest BCUT2D eigenvalue weighted by atomic mass is 9.96. The second-order valence-electron chi connectivity index (χ2n) is 19.3. The largest absolute Gasteiger partial charge is 0.481 e. The summed E-state index contributed by atoms with van der Waals surface area (Å²) in [5, 5.41) is 77.6. The topological polar surface area (TPSA) is 512 Å². The number of aldehydes is 1. The molecule has 81 heavy (non-hydrogen) atoms. The molecule has 1 aromatic carbocycles. The third-order valence-corrected chi connectivity index (χ3v) is 12.0. The molecular formula is C50H74N10O21. The Morgan fingerprint density at radius 3 is 1.30 bits per heavy atom. The van der Waals surface area contributed by atoms with Crippen LogP contribution in [0.3, 0.4) is 0 Å². The van der Waals surface area contributed by atoms with Gasteiger partial charge >= 0.3 is 29.8 Å². The van der Waals surface area contributed by atoms with Gasteiger partial charge in [-0.3, -0.25) is 67.1 Å². The first-order valence-corrected chi connectivity index (χ1v) is 25.6. The van der Waals surface area contributed by atoms with Crippen LogP contribution in [0.2, 0.25) is 0 Å². The summed E-state index contributed by atoms with van der Waals surface area (Å²) in [6, 6.07) is -8.95. The van der Waals surface area contributed by atoms with Crippen LogP contribution < -0.4 is 53.6 Å². The molecule has 0 saturated heterocycles. The summed E-state index contributed by atoms with van der Waals surface area (Å²) >= 11 is 0. The molecule has 1 aromatic rings. The molecular weight excluding hydrogens is 1080 g/mol. The van der Waals surface area contributed by atoms with Crippen LogP contribution in [-0.2, 0) is 78.3 Å². The van der Waals surface area contributed by atoms with Crippen molar-refractivity contribution in [3.63, 3.8) is 0 Å². The number of carboxylic acids is 5. The van der Waals surface area contributed by atoms with Gasteiger partial charge in [0.15, 0.2) is 0 Å². The molecule has 0 radical (unpaired) electrons. The number of hydrogen-bond donors (Lipinski definition) is 16. The van der Waals surface area contributed by atoms with E-state index in [1.54, 1.807) is 45.9 Å². The third kappa shape index (κ3) is 27.2.